The Morgan fingerprint density at radius 2 is 0.983 bits per heavy atom. The molecule has 0 radical (unpaired) electrons. The Bertz CT molecular complexity index is 993. The molecule has 2 atom stereocenters. The van der Waals surface area contributed by atoms with Crippen molar-refractivity contribution in [2.45, 2.75) is 233 Å². The van der Waals surface area contributed by atoms with E-state index in [9.17, 15) is 19.2 Å². The highest BCUT2D eigenvalue weighted by molar-refractivity contribution is 5.70. The number of piperidine rings is 1. The van der Waals surface area contributed by atoms with Gasteiger partial charge in [-0.3, -0.25) is 14.4 Å². The lowest BCUT2D eigenvalue weighted by Gasteiger charge is -2.31. The van der Waals surface area contributed by atoms with Crippen LogP contribution in [0.25, 0.3) is 0 Å². The van der Waals surface area contributed by atoms with Crippen molar-refractivity contribution in [3.05, 3.63) is 0 Å². The second kappa shape index (κ2) is 39.8. The van der Waals surface area contributed by atoms with Crippen LogP contribution in [0.1, 0.15) is 227 Å². The minimum absolute atomic E-state index is 0.105. The summed E-state index contributed by atoms with van der Waals surface area (Å²) in [5, 5.41) is 0. The van der Waals surface area contributed by atoms with E-state index in [4.69, 9.17) is 23.7 Å². The van der Waals surface area contributed by atoms with Crippen molar-refractivity contribution in [1.82, 2.24) is 4.90 Å². The van der Waals surface area contributed by atoms with E-state index in [1.54, 1.807) is 0 Å². The van der Waals surface area contributed by atoms with E-state index in [0.717, 1.165) is 110 Å². The average Bonchev–Trinajstić information content (AvgIpc) is 3.24. The van der Waals surface area contributed by atoms with Gasteiger partial charge in [0.05, 0.1) is 26.4 Å². The zero-order valence-electron chi connectivity index (χ0n) is 38.7. The van der Waals surface area contributed by atoms with Crippen LogP contribution in [0.5, 0.6) is 0 Å². The van der Waals surface area contributed by atoms with Crippen LogP contribution in [0.15, 0.2) is 0 Å². The molecule has 0 N–H and O–H groups in total. The first-order valence-electron chi connectivity index (χ1n) is 24.8. The molecule has 0 spiro atoms. The molecule has 1 heterocycles. The van der Waals surface area contributed by atoms with Crippen LogP contribution in [0, 0.1) is 11.8 Å². The van der Waals surface area contributed by atoms with E-state index in [1.165, 1.54) is 64.2 Å². The number of carbonyl (C=O) groups excluding carboxylic acids is 4. The van der Waals surface area contributed by atoms with Crippen molar-refractivity contribution < 1.29 is 42.9 Å². The van der Waals surface area contributed by atoms with Crippen molar-refractivity contribution in [3.63, 3.8) is 0 Å². The van der Waals surface area contributed by atoms with Crippen LogP contribution >= 0.6 is 0 Å². The Morgan fingerprint density at radius 1 is 0.525 bits per heavy atom. The van der Waals surface area contributed by atoms with E-state index in [2.05, 4.69) is 32.6 Å². The maximum atomic E-state index is 12.8. The lowest BCUT2D eigenvalue weighted by Crippen LogP contribution is -2.37. The van der Waals surface area contributed by atoms with Gasteiger partial charge in [0.15, 0.2) is 0 Å². The van der Waals surface area contributed by atoms with Gasteiger partial charge in [-0.05, 0) is 77.3 Å². The third-order valence-corrected chi connectivity index (χ3v) is 11.7. The fourth-order valence-electron chi connectivity index (χ4n) is 7.85. The first kappa shape index (κ1) is 54.7. The second-order valence-electron chi connectivity index (χ2n) is 17.3. The van der Waals surface area contributed by atoms with Gasteiger partial charge in [0.25, 0.3) is 0 Å². The zero-order valence-corrected chi connectivity index (χ0v) is 38.7. The summed E-state index contributed by atoms with van der Waals surface area (Å²) in [6.45, 7) is 13.0. The number of hydrogen-bond donors (Lipinski definition) is 0. The Labute approximate surface area is 361 Å². The van der Waals surface area contributed by atoms with Gasteiger partial charge >= 0.3 is 24.1 Å². The topological polar surface area (TPSA) is 118 Å². The molecular weight excluding hydrogens is 747 g/mol. The van der Waals surface area contributed by atoms with E-state index < -0.39 is 6.16 Å². The molecule has 1 saturated heterocycles. The van der Waals surface area contributed by atoms with Crippen LogP contribution in [0.3, 0.4) is 0 Å². The molecule has 0 amide bonds. The number of nitrogens with zero attached hydrogens (tertiary/aromatic N) is 1. The molecule has 10 nitrogen and oxygen atoms in total. The molecule has 1 fully saturated rings. The zero-order chi connectivity index (χ0) is 43.0. The van der Waals surface area contributed by atoms with E-state index in [-0.39, 0.29) is 49.8 Å². The molecule has 59 heavy (non-hydrogen) atoms. The lowest BCUT2D eigenvalue weighted by atomic mass is 9.99. The number of rotatable bonds is 40. The standard InChI is InChI=1S/C49H91NO9/c1-5-9-12-15-16-17-18-19-22-23-32-45(59-49(54)58-40-43-31-28-37-50(8-4)39-43)33-29-38-55-46(51)36-27-26-30-44(41-56-47(52)34-24-20-13-10-6-2)42-57-48(53)35-25-21-14-11-7-3/h43-45H,5-42H2,1-4H3. The SMILES string of the molecule is CCCCCCCCCCCCC(CCCOC(=O)CCCCC(COC(=O)CCCCCCC)COC(=O)CCCCCCC)OC(=O)OCC1CCCN(CC)C1. The quantitative estimate of drug-likeness (QED) is 0.0335. The van der Waals surface area contributed by atoms with Gasteiger partial charge < -0.3 is 28.6 Å². The van der Waals surface area contributed by atoms with Crippen LogP contribution in [-0.2, 0) is 38.1 Å². The first-order chi connectivity index (χ1) is 28.8. The van der Waals surface area contributed by atoms with E-state index in [1.807, 2.05) is 0 Å². The Morgan fingerprint density at radius 3 is 1.53 bits per heavy atom. The number of ether oxygens (including phenoxy) is 5. The van der Waals surface area contributed by atoms with E-state index >= 15 is 0 Å². The monoisotopic (exact) mass is 838 g/mol. The Kier molecular flexibility index (Phi) is 36.8. The summed E-state index contributed by atoms with van der Waals surface area (Å²) in [5.74, 6) is -0.402. The van der Waals surface area contributed by atoms with Gasteiger partial charge in [-0.1, -0.05) is 143 Å². The molecule has 10 heteroatoms. The second-order valence-corrected chi connectivity index (χ2v) is 17.3. The number of carbonyl (C=O) groups is 4. The van der Waals surface area contributed by atoms with Gasteiger partial charge in [0.1, 0.15) is 6.10 Å². The average molecular weight is 838 g/mol. The summed E-state index contributed by atoms with van der Waals surface area (Å²) in [6.07, 6.45) is 29.7. The summed E-state index contributed by atoms with van der Waals surface area (Å²) < 4.78 is 28.2. The van der Waals surface area contributed by atoms with Crippen molar-refractivity contribution in [1.29, 1.82) is 0 Å². The molecule has 1 aliphatic rings. The van der Waals surface area contributed by atoms with Crippen LogP contribution in [0.4, 0.5) is 4.79 Å². The van der Waals surface area contributed by atoms with Gasteiger partial charge in [0.2, 0.25) is 0 Å². The van der Waals surface area contributed by atoms with Crippen LogP contribution < -0.4 is 0 Å². The highest BCUT2D eigenvalue weighted by atomic mass is 16.7. The van der Waals surface area contributed by atoms with Gasteiger partial charge in [-0.15, -0.1) is 0 Å². The summed E-state index contributed by atoms with van der Waals surface area (Å²) >= 11 is 0. The molecule has 2 unspecified atom stereocenters. The lowest BCUT2D eigenvalue weighted by molar-refractivity contribution is -0.149. The van der Waals surface area contributed by atoms with Crippen molar-refractivity contribution in [2.24, 2.45) is 11.8 Å². The Balaban J connectivity index is 2.48. The van der Waals surface area contributed by atoms with Crippen LogP contribution in [-0.4, -0.2) is 81.1 Å². The maximum Gasteiger partial charge on any atom is 0.508 e. The third kappa shape index (κ3) is 34.0. The molecule has 1 aliphatic heterocycles. The number of esters is 3. The third-order valence-electron chi connectivity index (χ3n) is 11.7. The van der Waals surface area contributed by atoms with Gasteiger partial charge in [-0.2, -0.15) is 0 Å². The first-order valence-corrected chi connectivity index (χ1v) is 24.8. The van der Waals surface area contributed by atoms with Gasteiger partial charge in [0, 0.05) is 37.6 Å². The van der Waals surface area contributed by atoms with Crippen molar-refractivity contribution >= 4 is 24.1 Å². The maximum absolute atomic E-state index is 12.8. The highest BCUT2D eigenvalue weighted by Gasteiger charge is 2.22. The normalized spacial score (nSPS) is 14.9. The summed E-state index contributed by atoms with van der Waals surface area (Å²) in [4.78, 5) is 52.6. The Hall–Kier alpha value is -2.36. The van der Waals surface area contributed by atoms with E-state index in [0.29, 0.717) is 57.5 Å². The fraction of sp³-hybridized carbons (Fsp3) is 0.918. The minimum atomic E-state index is -0.583. The smallest absolute Gasteiger partial charge is 0.466 e. The molecular formula is C49H91NO9. The number of unbranched alkanes of at least 4 members (excludes halogenated alkanes) is 18. The molecule has 0 saturated carbocycles. The van der Waals surface area contributed by atoms with Crippen molar-refractivity contribution in [3.8, 4) is 0 Å². The molecule has 1 rings (SSSR count). The number of likely N-dealkylation sites (tertiary alicyclic amines) is 1. The van der Waals surface area contributed by atoms with Crippen LogP contribution in [0.2, 0.25) is 0 Å². The minimum Gasteiger partial charge on any atom is -0.466 e. The fourth-order valence-corrected chi connectivity index (χ4v) is 7.85. The van der Waals surface area contributed by atoms with Crippen molar-refractivity contribution in [2.75, 3.05) is 46.1 Å². The summed E-state index contributed by atoms with van der Waals surface area (Å²) in [7, 11) is 0. The molecule has 346 valence electrons. The highest BCUT2D eigenvalue weighted by Crippen LogP contribution is 2.20. The molecule has 0 aliphatic carbocycles. The molecule has 0 bridgehead atoms. The molecule has 0 aromatic heterocycles. The molecule has 0 aromatic carbocycles. The predicted octanol–water partition coefficient (Wildman–Crippen LogP) is 12.9. The van der Waals surface area contributed by atoms with Gasteiger partial charge in [-0.25, -0.2) is 4.79 Å². The number of hydrogen-bond acceptors (Lipinski definition) is 10. The molecule has 0 aromatic rings. The summed E-state index contributed by atoms with van der Waals surface area (Å²) in [5.41, 5.74) is 0. The summed E-state index contributed by atoms with van der Waals surface area (Å²) in [6, 6.07) is 0. The predicted molar refractivity (Wildman–Crippen MR) is 238 cm³/mol. The largest absolute Gasteiger partial charge is 0.508 e.